The maximum Gasteiger partial charge on any atom is 0.0852 e. The molecule has 3 aliphatic rings. The molecule has 1 unspecified atom stereocenters. The first-order valence-electron chi connectivity index (χ1n) is 9.36. The molecule has 134 valence electrons. The van der Waals surface area contributed by atoms with Gasteiger partial charge in [0.2, 0.25) is 0 Å². The van der Waals surface area contributed by atoms with Gasteiger partial charge in [-0.15, -0.1) is 9.81 Å². The Kier molecular flexibility index (Phi) is 4.90. The van der Waals surface area contributed by atoms with Gasteiger partial charge >= 0.3 is 0 Å². The Bertz CT molecular complexity index is 651. The van der Waals surface area contributed by atoms with Crippen LogP contribution in [0.4, 0.5) is 0 Å². The van der Waals surface area contributed by atoms with E-state index in [-0.39, 0.29) is 10.8 Å². The summed E-state index contributed by atoms with van der Waals surface area (Å²) in [7, 11) is 0. The van der Waals surface area contributed by atoms with Crippen LogP contribution in [0, 0.1) is 26.6 Å². The zero-order chi connectivity index (χ0) is 18.1. The van der Waals surface area contributed by atoms with E-state index in [0.717, 1.165) is 38.5 Å². The van der Waals surface area contributed by atoms with Crippen molar-refractivity contribution < 1.29 is 0 Å². The largest absolute Gasteiger partial charge is 0.145 e. The highest BCUT2D eigenvalue weighted by Gasteiger charge is 2.47. The van der Waals surface area contributed by atoms with E-state index in [4.69, 9.17) is 0 Å². The molecule has 1 atom stereocenters. The van der Waals surface area contributed by atoms with Crippen molar-refractivity contribution in [1.29, 1.82) is 0 Å². The van der Waals surface area contributed by atoms with E-state index < -0.39 is 0 Å². The van der Waals surface area contributed by atoms with E-state index in [9.17, 15) is 9.81 Å². The van der Waals surface area contributed by atoms with Crippen LogP contribution >= 0.6 is 0 Å². The van der Waals surface area contributed by atoms with Crippen molar-refractivity contribution in [3.8, 4) is 0 Å². The van der Waals surface area contributed by atoms with Crippen LogP contribution in [0.2, 0.25) is 0 Å². The third-order valence-corrected chi connectivity index (χ3v) is 6.10. The summed E-state index contributed by atoms with van der Waals surface area (Å²) in [5, 5.41) is 6.24. The van der Waals surface area contributed by atoms with Crippen LogP contribution < -0.4 is 0 Å². The van der Waals surface area contributed by atoms with Crippen LogP contribution in [0.15, 0.2) is 57.2 Å². The Morgan fingerprint density at radius 1 is 0.840 bits per heavy atom. The van der Waals surface area contributed by atoms with Gasteiger partial charge in [-0.1, -0.05) is 44.1 Å². The summed E-state index contributed by atoms with van der Waals surface area (Å²) in [6.07, 6.45) is 14.9. The van der Waals surface area contributed by atoms with Gasteiger partial charge in [0.05, 0.1) is 11.4 Å². The fourth-order valence-corrected chi connectivity index (χ4v) is 5.47. The van der Waals surface area contributed by atoms with Crippen molar-refractivity contribution in [2.75, 3.05) is 0 Å². The van der Waals surface area contributed by atoms with Gasteiger partial charge in [0.1, 0.15) is 0 Å². The summed E-state index contributed by atoms with van der Waals surface area (Å²) in [6.45, 7) is 7.09. The minimum Gasteiger partial charge on any atom is -0.145 e. The molecule has 3 rings (SSSR count). The lowest BCUT2D eigenvalue weighted by Crippen LogP contribution is -2.40. The summed E-state index contributed by atoms with van der Waals surface area (Å²) < 4.78 is 0. The van der Waals surface area contributed by atoms with E-state index in [1.54, 1.807) is 0 Å². The van der Waals surface area contributed by atoms with Gasteiger partial charge in [0.15, 0.2) is 0 Å². The number of nitrogens with zero attached hydrogens (tertiary/aromatic N) is 2. The van der Waals surface area contributed by atoms with Crippen LogP contribution in [0.5, 0.6) is 0 Å². The summed E-state index contributed by atoms with van der Waals surface area (Å²) in [6, 6.07) is 0. The normalized spacial score (nSPS) is 28.2. The third kappa shape index (κ3) is 3.58. The molecule has 1 saturated carbocycles. The molecule has 0 heterocycles. The van der Waals surface area contributed by atoms with Crippen molar-refractivity contribution in [2.24, 2.45) is 27.1 Å². The van der Waals surface area contributed by atoms with Crippen LogP contribution in [-0.4, -0.2) is 0 Å². The number of hydrogen-bond donors (Lipinski definition) is 0. The first-order valence-corrected chi connectivity index (χ1v) is 9.36. The highest BCUT2D eigenvalue weighted by molar-refractivity contribution is 5.40. The monoisotopic (exact) mass is 340 g/mol. The Balaban J connectivity index is 2.06. The second-order valence-electron chi connectivity index (χ2n) is 8.82. The van der Waals surface area contributed by atoms with Crippen molar-refractivity contribution in [3.05, 3.63) is 56.7 Å². The summed E-state index contributed by atoms with van der Waals surface area (Å²) in [5.41, 5.74) is 4.47. The van der Waals surface area contributed by atoms with E-state index in [2.05, 4.69) is 43.3 Å². The van der Waals surface area contributed by atoms with Gasteiger partial charge in [0.25, 0.3) is 0 Å². The average molecular weight is 340 g/mol. The third-order valence-electron chi connectivity index (χ3n) is 6.10. The molecule has 0 saturated heterocycles. The molecule has 0 aromatic rings. The van der Waals surface area contributed by atoms with E-state index >= 15 is 0 Å². The number of rotatable bonds is 4. The zero-order valence-electron chi connectivity index (χ0n) is 15.5. The fourth-order valence-electron chi connectivity index (χ4n) is 5.47. The molecular formula is C21H28N2O2. The van der Waals surface area contributed by atoms with Crippen molar-refractivity contribution >= 4 is 0 Å². The molecule has 0 bridgehead atoms. The standard InChI is InChI=1S/C21H28N2O2/c1-15-12-20(2,3)14-21(13-15,16-4-8-18(22-24)9-5-16)17-6-10-19(23-25)11-7-17/h4,6,8,10,15H,5,7,9,11-14H2,1-3H3. The van der Waals surface area contributed by atoms with Gasteiger partial charge < -0.3 is 0 Å². The van der Waals surface area contributed by atoms with Crippen LogP contribution in [0.1, 0.15) is 65.7 Å². The molecule has 0 aliphatic heterocycles. The predicted octanol–water partition coefficient (Wildman–Crippen LogP) is 6.56. The molecule has 1 fully saturated rings. The Morgan fingerprint density at radius 2 is 1.36 bits per heavy atom. The van der Waals surface area contributed by atoms with Crippen LogP contribution in [0.3, 0.4) is 0 Å². The van der Waals surface area contributed by atoms with Gasteiger partial charge in [-0.2, -0.15) is 0 Å². The van der Waals surface area contributed by atoms with Crippen LogP contribution in [-0.2, 0) is 0 Å². The minimum absolute atomic E-state index is 0.0387. The van der Waals surface area contributed by atoms with Crippen LogP contribution in [0.25, 0.3) is 0 Å². The number of allylic oxidation sites excluding steroid dienone is 8. The number of nitroso groups, excluding NO2 is 2. The van der Waals surface area contributed by atoms with Gasteiger partial charge in [0, 0.05) is 5.41 Å². The summed E-state index contributed by atoms with van der Waals surface area (Å²) >= 11 is 0. The van der Waals surface area contributed by atoms with Gasteiger partial charge in [-0.3, -0.25) is 0 Å². The maximum atomic E-state index is 10.8. The lowest BCUT2D eigenvalue weighted by atomic mass is 9.53. The average Bonchev–Trinajstić information content (AvgIpc) is 2.60. The number of hydrogen-bond acceptors (Lipinski definition) is 4. The highest BCUT2D eigenvalue weighted by Crippen LogP contribution is 2.58. The quantitative estimate of drug-likeness (QED) is 0.544. The van der Waals surface area contributed by atoms with E-state index in [0.29, 0.717) is 17.3 Å². The van der Waals surface area contributed by atoms with Crippen molar-refractivity contribution in [3.63, 3.8) is 0 Å². The first kappa shape index (κ1) is 18.0. The van der Waals surface area contributed by atoms with E-state index in [1.165, 1.54) is 17.6 Å². The van der Waals surface area contributed by atoms with Crippen molar-refractivity contribution in [1.82, 2.24) is 0 Å². The molecular weight excluding hydrogens is 312 g/mol. The second-order valence-corrected chi connectivity index (χ2v) is 8.82. The Morgan fingerprint density at radius 3 is 1.72 bits per heavy atom. The SMILES string of the molecule is CC1CC(C)(C)CC(C2=CC=C(N=O)CC2)(C2=CC=C(N=O)CC2)C1. The lowest BCUT2D eigenvalue weighted by Gasteiger charge is -2.51. The molecule has 0 radical (unpaired) electrons. The smallest absolute Gasteiger partial charge is 0.0852 e. The summed E-state index contributed by atoms with van der Waals surface area (Å²) in [5.74, 6) is 0.648. The molecule has 0 aromatic carbocycles. The minimum atomic E-state index is 0.0387. The second kappa shape index (κ2) is 6.81. The predicted molar refractivity (Wildman–Crippen MR) is 102 cm³/mol. The maximum absolute atomic E-state index is 10.8. The molecule has 0 amide bonds. The zero-order valence-corrected chi connectivity index (χ0v) is 15.5. The molecule has 0 spiro atoms. The highest BCUT2D eigenvalue weighted by atomic mass is 16.3. The Labute approximate surface area is 150 Å². The van der Waals surface area contributed by atoms with Gasteiger partial charge in [-0.05, 0) is 78.8 Å². The molecule has 25 heavy (non-hydrogen) atoms. The topological polar surface area (TPSA) is 58.9 Å². The van der Waals surface area contributed by atoms with E-state index in [1.807, 2.05) is 12.2 Å². The molecule has 4 nitrogen and oxygen atoms in total. The summed E-state index contributed by atoms with van der Waals surface area (Å²) in [4.78, 5) is 21.7. The molecule has 3 aliphatic carbocycles. The van der Waals surface area contributed by atoms with Gasteiger partial charge in [-0.25, -0.2) is 0 Å². The lowest BCUT2D eigenvalue weighted by molar-refractivity contribution is 0.0937. The van der Waals surface area contributed by atoms with Crippen molar-refractivity contribution in [2.45, 2.75) is 65.7 Å². The fraction of sp³-hybridized carbons (Fsp3) is 0.619. The molecule has 0 N–H and O–H groups in total. The first-order chi connectivity index (χ1) is 11.9. The molecule has 4 heteroatoms. The Hall–Kier alpha value is -1.84. The molecule has 0 aromatic heterocycles.